The summed E-state index contributed by atoms with van der Waals surface area (Å²) in [6.45, 7) is 0.103. The van der Waals surface area contributed by atoms with Crippen molar-refractivity contribution in [3.63, 3.8) is 0 Å². The van der Waals surface area contributed by atoms with Crippen molar-refractivity contribution >= 4 is 0 Å². The van der Waals surface area contributed by atoms with Gasteiger partial charge in [0, 0.05) is 6.42 Å². The third-order valence-electron chi connectivity index (χ3n) is 2.97. The van der Waals surface area contributed by atoms with Crippen molar-refractivity contribution in [2.24, 2.45) is 0 Å². The third-order valence-corrected chi connectivity index (χ3v) is 2.97. The van der Waals surface area contributed by atoms with Gasteiger partial charge in [-0.3, -0.25) is 0 Å². The zero-order chi connectivity index (χ0) is 9.15. The molecule has 1 N–H and O–H groups in total. The molecule has 2 nitrogen and oxygen atoms in total. The highest BCUT2D eigenvalue weighted by molar-refractivity contribution is 5.23. The van der Waals surface area contributed by atoms with E-state index >= 15 is 0 Å². The van der Waals surface area contributed by atoms with E-state index in [1.165, 1.54) is 18.4 Å². The maximum Gasteiger partial charge on any atom is 0.155 e. The first kappa shape index (κ1) is 8.82. The molecule has 13 heavy (non-hydrogen) atoms. The Morgan fingerprint density at radius 1 is 1.46 bits per heavy atom. The van der Waals surface area contributed by atoms with E-state index in [1.54, 1.807) is 6.26 Å². The van der Waals surface area contributed by atoms with Crippen LogP contribution in [-0.4, -0.2) is 17.3 Å². The van der Waals surface area contributed by atoms with Crippen molar-refractivity contribution in [2.75, 3.05) is 6.61 Å². The molecule has 1 atom stereocenters. The molecule has 1 aliphatic carbocycles. The van der Waals surface area contributed by atoms with Crippen LogP contribution in [0.2, 0.25) is 0 Å². The van der Waals surface area contributed by atoms with Gasteiger partial charge in [0.25, 0.3) is 0 Å². The third kappa shape index (κ3) is 1.51. The number of allylic oxidation sites excluding steroid dienone is 1. The smallest absolute Gasteiger partial charge is 0.155 e. The van der Waals surface area contributed by atoms with E-state index in [9.17, 15) is 5.11 Å². The molecule has 2 rings (SSSR count). The van der Waals surface area contributed by atoms with E-state index in [0.717, 1.165) is 19.3 Å². The Labute approximate surface area is 78.9 Å². The average Bonchev–Trinajstić information content (AvgIpc) is 2.69. The molecular weight excluding hydrogens is 164 g/mol. The van der Waals surface area contributed by atoms with Gasteiger partial charge in [0.1, 0.15) is 0 Å². The fourth-order valence-corrected chi connectivity index (χ4v) is 2.13. The second-order valence-electron chi connectivity index (χ2n) is 3.82. The number of aliphatic hydroxyl groups is 1. The molecule has 0 spiro atoms. The largest absolute Gasteiger partial charge is 0.488 e. The lowest BCUT2D eigenvalue weighted by molar-refractivity contribution is 0.0180. The quantitative estimate of drug-likeness (QED) is 0.660. The highest BCUT2D eigenvalue weighted by Crippen LogP contribution is 2.36. The lowest BCUT2D eigenvalue weighted by atomic mass is 9.84. The van der Waals surface area contributed by atoms with Crippen molar-refractivity contribution in [1.29, 1.82) is 0 Å². The molecule has 2 aliphatic rings. The normalized spacial score (nSPS) is 32.8. The van der Waals surface area contributed by atoms with Gasteiger partial charge in [0.15, 0.2) is 5.60 Å². The highest BCUT2D eigenvalue weighted by atomic mass is 16.5. The molecule has 0 fully saturated rings. The lowest BCUT2D eigenvalue weighted by Crippen LogP contribution is -2.35. The fourth-order valence-electron chi connectivity index (χ4n) is 2.13. The Morgan fingerprint density at radius 3 is 2.92 bits per heavy atom. The number of rotatable bonds is 2. The number of hydrogen-bond donors (Lipinski definition) is 1. The minimum absolute atomic E-state index is 0.103. The van der Waals surface area contributed by atoms with Crippen molar-refractivity contribution in [3.8, 4) is 0 Å². The lowest BCUT2D eigenvalue weighted by Gasteiger charge is -2.31. The maximum atomic E-state index is 9.36. The minimum atomic E-state index is -0.388. The molecule has 0 aromatic rings. The molecule has 72 valence electrons. The summed E-state index contributed by atoms with van der Waals surface area (Å²) in [5, 5.41) is 9.36. The summed E-state index contributed by atoms with van der Waals surface area (Å²) < 4.78 is 5.53. The number of hydrogen-bond acceptors (Lipinski definition) is 2. The van der Waals surface area contributed by atoms with Gasteiger partial charge in [0.2, 0.25) is 0 Å². The first-order valence-electron chi connectivity index (χ1n) is 5.01. The molecule has 0 saturated heterocycles. The Morgan fingerprint density at radius 2 is 2.38 bits per heavy atom. The summed E-state index contributed by atoms with van der Waals surface area (Å²) in [5.74, 6) is 0. The summed E-state index contributed by atoms with van der Waals surface area (Å²) in [6.07, 6.45) is 11.5. The van der Waals surface area contributed by atoms with Crippen LogP contribution in [0, 0.1) is 0 Å². The Bertz CT molecular complexity index is 232. The molecule has 1 aliphatic heterocycles. The van der Waals surface area contributed by atoms with Crippen molar-refractivity contribution in [1.82, 2.24) is 0 Å². The minimum Gasteiger partial charge on any atom is -0.488 e. The second kappa shape index (κ2) is 3.54. The van der Waals surface area contributed by atoms with Gasteiger partial charge in [-0.2, -0.15) is 0 Å². The fraction of sp³-hybridized carbons (Fsp3) is 0.636. The van der Waals surface area contributed by atoms with E-state index in [0.29, 0.717) is 0 Å². The van der Waals surface area contributed by atoms with Crippen LogP contribution in [0.3, 0.4) is 0 Å². The molecule has 0 amide bonds. The van der Waals surface area contributed by atoms with E-state index < -0.39 is 0 Å². The number of ether oxygens (including phenoxy) is 1. The van der Waals surface area contributed by atoms with E-state index in [4.69, 9.17) is 4.74 Å². The van der Waals surface area contributed by atoms with Crippen LogP contribution in [0.15, 0.2) is 24.0 Å². The molecule has 1 unspecified atom stereocenters. The summed E-state index contributed by atoms with van der Waals surface area (Å²) in [5.41, 5.74) is 0.909. The van der Waals surface area contributed by atoms with Crippen LogP contribution in [0.5, 0.6) is 0 Å². The van der Waals surface area contributed by atoms with E-state index in [-0.39, 0.29) is 12.2 Å². The summed E-state index contributed by atoms with van der Waals surface area (Å²) in [6, 6.07) is 0. The van der Waals surface area contributed by atoms with Gasteiger partial charge in [-0.25, -0.2) is 0 Å². The monoisotopic (exact) mass is 180 g/mol. The zero-order valence-electron chi connectivity index (χ0n) is 7.83. The molecule has 0 radical (unpaired) electrons. The molecule has 2 heteroatoms. The molecular formula is C11H16O2. The predicted octanol–water partition coefficient (Wildman–Crippen LogP) is 2.15. The molecule has 0 saturated carbocycles. The summed E-state index contributed by atoms with van der Waals surface area (Å²) in [7, 11) is 0. The van der Waals surface area contributed by atoms with Crippen LogP contribution in [0.1, 0.15) is 32.1 Å². The standard InChI is InChI=1S/C11H16O2/c12-9-11(7-4-8-13-11)10-5-2-1-3-6-10/h4-5,8,12H,1-3,6-7,9H2. The predicted molar refractivity (Wildman–Crippen MR) is 51.2 cm³/mol. The average molecular weight is 180 g/mol. The van der Waals surface area contributed by atoms with E-state index in [2.05, 4.69) is 6.08 Å². The topological polar surface area (TPSA) is 29.5 Å². The molecule has 0 aromatic heterocycles. The zero-order valence-corrected chi connectivity index (χ0v) is 7.83. The van der Waals surface area contributed by atoms with Crippen LogP contribution in [0.25, 0.3) is 0 Å². The summed E-state index contributed by atoms with van der Waals surface area (Å²) in [4.78, 5) is 0. The van der Waals surface area contributed by atoms with Crippen LogP contribution in [-0.2, 0) is 4.74 Å². The van der Waals surface area contributed by atoms with Crippen molar-refractivity contribution in [3.05, 3.63) is 24.0 Å². The van der Waals surface area contributed by atoms with Crippen molar-refractivity contribution < 1.29 is 9.84 Å². The van der Waals surface area contributed by atoms with Gasteiger partial charge >= 0.3 is 0 Å². The molecule has 0 bridgehead atoms. The molecule has 1 heterocycles. The Hall–Kier alpha value is -0.760. The van der Waals surface area contributed by atoms with Gasteiger partial charge in [-0.15, -0.1) is 0 Å². The van der Waals surface area contributed by atoms with Crippen LogP contribution < -0.4 is 0 Å². The van der Waals surface area contributed by atoms with Gasteiger partial charge in [0.05, 0.1) is 12.9 Å². The Balaban J connectivity index is 2.15. The SMILES string of the molecule is OCC1(C2=CCCCC2)CC=CO1. The molecule has 0 aromatic carbocycles. The maximum absolute atomic E-state index is 9.36. The van der Waals surface area contributed by atoms with Crippen molar-refractivity contribution in [2.45, 2.75) is 37.7 Å². The summed E-state index contributed by atoms with van der Waals surface area (Å²) >= 11 is 0. The number of aliphatic hydroxyl groups excluding tert-OH is 1. The van der Waals surface area contributed by atoms with Crippen LogP contribution in [0.4, 0.5) is 0 Å². The first-order valence-corrected chi connectivity index (χ1v) is 5.01. The second-order valence-corrected chi connectivity index (χ2v) is 3.82. The van der Waals surface area contributed by atoms with Gasteiger partial charge in [-0.1, -0.05) is 6.08 Å². The van der Waals surface area contributed by atoms with Gasteiger partial charge in [-0.05, 0) is 37.3 Å². The van der Waals surface area contributed by atoms with Gasteiger partial charge < -0.3 is 9.84 Å². The highest BCUT2D eigenvalue weighted by Gasteiger charge is 2.36. The first-order chi connectivity index (χ1) is 6.37. The van der Waals surface area contributed by atoms with Crippen LogP contribution >= 0.6 is 0 Å². The Kier molecular flexibility index (Phi) is 2.40. The van der Waals surface area contributed by atoms with E-state index in [1.807, 2.05) is 6.08 Å².